The van der Waals surface area contributed by atoms with Gasteiger partial charge in [-0.3, -0.25) is 9.48 Å². The molecule has 0 spiro atoms. The number of aromatic nitrogens is 3. The van der Waals surface area contributed by atoms with Crippen LogP contribution in [0.5, 0.6) is 5.75 Å². The second-order valence-corrected chi connectivity index (χ2v) is 7.19. The van der Waals surface area contributed by atoms with Crippen LogP contribution < -0.4 is 9.64 Å². The molecule has 4 rings (SSSR count). The van der Waals surface area contributed by atoms with E-state index in [1.807, 2.05) is 38.1 Å². The van der Waals surface area contributed by atoms with E-state index in [1.165, 1.54) is 11.1 Å². The Hall–Kier alpha value is -3.62. The predicted octanol–water partition coefficient (Wildman–Crippen LogP) is 2.56. The lowest BCUT2D eigenvalue weighted by molar-refractivity contribution is -0.116. The summed E-state index contributed by atoms with van der Waals surface area (Å²) in [4.78, 5) is 28.1. The van der Waals surface area contributed by atoms with Crippen LogP contribution >= 0.6 is 0 Å². The zero-order valence-corrected chi connectivity index (χ0v) is 17.2. The minimum atomic E-state index is -0.341. The van der Waals surface area contributed by atoms with Crippen molar-refractivity contribution >= 4 is 17.6 Å². The molecule has 9 heteroatoms. The van der Waals surface area contributed by atoms with Gasteiger partial charge < -0.3 is 14.2 Å². The maximum absolute atomic E-state index is 12.9. The number of urea groups is 1. The summed E-state index contributed by atoms with van der Waals surface area (Å²) in [6.45, 7) is 4.63. The van der Waals surface area contributed by atoms with E-state index in [2.05, 4.69) is 10.3 Å². The molecule has 3 amide bonds. The fourth-order valence-corrected chi connectivity index (χ4v) is 3.59. The van der Waals surface area contributed by atoms with Crippen LogP contribution in [0.2, 0.25) is 0 Å². The lowest BCUT2D eigenvalue weighted by Gasteiger charge is -2.16. The van der Waals surface area contributed by atoms with Crippen molar-refractivity contribution in [3.05, 3.63) is 59.2 Å². The number of carbonyl (C=O) groups excluding carboxylic acids is 2. The summed E-state index contributed by atoms with van der Waals surface area (Å²) in [5, 5.41) is 8.23. The summed E-state index contributed by atoms with van der Waals surface area (Å²) in [5.41, 5.74) is 3.17. The molecule has 0 atom stereocenters. The first-order chi connectivity index (χ1) is 14.5. The second kappa shape index (κ2) is 8.02. The molecule has 1 saturated heterocycles. The lowest BCUT2D eigenvalue weighted by Crippen LogP contribution is -2.33. The number of amides is 3. The molecule has 3 heterocycles. The molecule has 1 aliphatic rings. The summed E-state index contributed by atoms with van der Waals surface area (Å²) >= 11 is 0. The Morgan fingerprint density at radius 2 is 2.00 bits per heavy atom. The van der Waals surface area contributed by atoms with Gasteiger partial charge >= 0.3 is 6.03 Å². The van der Waals surface area contributed by atoms with Crippen molar-refractivity contribution in [3.8, 4) is 5.75 Å². The van der Waals surface area contributed by atoms with Crippen LogP contribution in [-0.4, -0.2) is 52.0 Å². The standard InChI is InChI=1S/C21H23N5O4/c1-14-18(15(2)30-23-14)12-25-11-17(10-22-25)26-20(27)13-24(21(26)28)9-8-16-6-4-5-7-19(16)29-3/h4-7,10-11H,8-9,12-13H2,1-3H3. The van der Waals surface area contributed by atoms with Crippen molar-refractivity contribution in [1.29, 1.82) is 0 Å². The summed E-state index contributed by atoms with van der Waals surface area (Å²) in [6.07, 6.45) is 3.81. The molecular weight excluding hydrogens is 386 g/mol. The number of methoxy groups -OCH3 is 1. The van der Waals surface area contributed by atoms with E-state index in [4.69, 9.17) is 9.26 Å². The van der Waals surface area contributed by atoms with E-state index in [-0.39, 0.29) is 18.5 Å². The van der Waals surface area contributed by atoms with Gasteiger partial charge in [-0.25, -0.2) is 9.69 Å². The van der Waals surface area contributed by atoms with Crippen LogP contribution in [0.1, 0.15) is 22.6 Å². The lowest BCUT2D eigenvalue weighted by atomic mass is 10.1. The summed E-state index contributed by atoms with van der Waals surface area (Å²) in [6, 6.07) is 7.32. The van der Waals surface area contributed by atoms with Gasteiger partial charge in [0.15, 0.2) is 0 Å². The molecule has 0 saturated carbocycles. The average Bonchev–Trinajstić information content (AvgIpc) is 3.40. The van der Waals surface area contributed by atoms with Crippen molar-refractivity contribution in [2.45, 2.75) is 26.8 Å². The molecule has 0 unspecified atom stereocenters. The Morgan fingerprint density at radius 1 is 1.20 bits per heavy atom. The van der Waals surface area contributed by atoms with E-state index in [1.54, 1.807) is 22.9 Å². The van der Waals surface area contributed by atoms with Gasteiger partial charge in [-0.15, -0.1) is 0 Å². The number of hydrogen-bond acceptors (Lipinski definition) is 6. The Kier molecular flexibility index (Phi) is 5.26. The minimum absolute atomic E-state index is 0.0447. The molecular formula is C21H23N5O4. The van der Waals surface area contributed by atoms with Crippen molar-refractivity contribution in [3.63, 3.8) is 0 Å². The summed E-state index contributed by atoms with van der Waals surface area (Å²) < 4.78 is 12.2. The van der Waals surface area contributed by atoms with Crippen LogP contribution in [0.3, 0.4) is 0 Å². The molecule has 1 aromatic carbocycles. The smallest absolute Gasteiger partial charge is 0.331 e. The third kappa shape index (κ3) is 3.66. The number of aryl methyl sites for hydroxylation is 2. The quantitative estimate of drug-likeness (QED) is 0.557. The first kappa shape index (κ1) is 19.7. The monoisotopic (exact) mass is 409 g/mol. The fourth-order valence-electron chi connectivity index (χ4n) is 3.59. The SMILES string of the molecule is COc1ccccc1CCN1CC(=O)N(c2cnn(Cc3c(C)noc3C)c2)C1=O. The highest BCUT2D eigenvalue weighted by molar-refractivity contribution is 6.19. The summed E-state index contributed by atoms with van der Waals surface area (Å²) in [7, 11) is 1.62. The number of hydrogen-bond donors (Lipinski definition) is 0. The van der Waals surface area contributed by atoms with E-state index in [9.17, 15) is 9.59 Å². The predicted molar refractivity (Wildman–Crippen MR) is 108 cm³/mol. The number of nitrogens with zero attached hydrogens (tertiary/aromatic N) is 5. The van der Waals surface area contributed by atoms with Gasteiger partial charge in [0.1, 0.15) is 18.1 Å². The molecule has 2 aromatic heterocycles. The number of imide groups is 1. The highest BCUT2D eigenvalue weighted by atomic mass is 16.5. The van der Waals surface area contributed by atoms with Crippen molar-refractivity contribution in [2.75, 3.05) is 25.1 Å². The molecule has 0 aliphatic carbocycles. The molecule has 0 N–H and O–H groups in total. The molecule has 3 aromatic rings. The van der Waals surface area contributed by atoms with E-state index in [0.717, 1.165) is 28.3 Å². The maximum Gasteiger partial charge on any atom is 0.331 e. The molecule has 30 heavy (non-hydrogen) atoms. The van der Waals surface area contributed by atoms with Crippen LogP contribution in [0.4, 0.5) is 10.5 Å². The zero-order chi connectivity index (χ0) is 21.3. The van der Waals surface area contributed by atoms with Gasteiger partial charge in [0.05, 0.1) is 31.2 Å². The van der Waals surface area contributed by atoms with Gasteiger partial charge in [0.2, 0.25) is 0 Å². The van der Waals surface area contributed by atoms with Crippen molar-refractivity contribution in [1.82, 2.24) is 19.8 Å². The normalized spacial score (nSPS) is 14.1. The highest BCUT2D eigenvalue weighted by Crippen LogP contribution is 2.23. The van der Waals surface area contributed by atoms with Gasteiger partial charge in [0.25, 0.3) is 5.91 Å². The number of carbonyl (C=O) groups is 2. The van der Waals surface area contributed by atoms with E-state index in [0.29, 0.717) is 25.2 Å². The number of ether oxygens (including phenoxy) is 1. The van der Waals surface area contributed by atoms with Gasteiger partial charge in [-0.2, -0.15) is 5.10 Å². The van der Waals surface area contributed by atoms with Crippen LogP contribution in [0.25, 0.3) is 0 Å². The first-order valence-corrected chi connectivity index (χ1v) is 9.66. The fraction of sp³-hybridized carbons (Fsp3) is 0.333. The third-order valence-corrected chi connectivity index (χ3v) is 5.26. The Bertz CT molecular complexity index is 1070. The molecule has 0 bridgehead atoms. The van der Waals surface area contributed by atoms with E-state index >= 15 is 0 Å². The largest absolute Gasteiger partial charge is 0.496 e. The maximum atomic E-state index is 12.9. The van der Waals surface area contributed by atoms with Crippen LogP contribution in [0, 0.1) is 13.8 Å². The zero-order valence-electron chi connectivity index (χ0n) is 17.2. The Labute approximate surface area is 173 Å². The summed E-state index contributed by atoms with van der Waals surface area (Å²) in [5.74, 6) is 1.23. The molecule has 1 fully saturated rings. The van der Waals surface area contributed by atoms with Gasteiger partial charge in [-0.1, -0.05) is 23.4 Å². The highest BCUT2D eigenvalue weighted by Gasteiger charge is 2.37. The van der Waals surface area contributed by atoms with Gasteiger partial charge in [0, 0.05) is 18.3 Å². The van der Waals surface area contributed by atoms with Gasteiger partial charge in [-0.05, 0) is 31.9 Å². The number of para-hydroxylation sites is 1. The number of rotatable bonds is 7. The van der Waals surface area contributed by atoms with Crippen LogP contribution in [-0.2, 0) is 17.8 Å². The van der Waals surface area contributed by atoms with Crippen LogP contribution in [0.15, 0.2) is 41.2 Å². The van der Waals surface area contributed by atoms with Crippen molar-refractivity contribution < 1.29 is 18.8 Å². The van der Waals surface area contributed by atoms with Crippen molar-refractivity contribution in [2.24, 2.45) is 0 Å². The number of anilines is 1. The molecule has 0 radical (unpaired) electrons. The van der Waals surface area contributed by atoms with E-state index < -0.39 is 0 Å². The number of benzene rings is 1. The topological polar surface area (TPSA) is 93.7 Å². The molecule has 9 nitrogen and oxygen atoms in total. The Balaban J connectivity index is 1.45. The second-order valence-electron chi connectivity index (χ2n) is 7.19. The third-order valence-electron chi connectivity index (χ3n) is 5.26. The molecule has 1 aliphatic heterocycles. The average molecular weight is 409 g/mol. The molecule has 156 valence electrons. The Morgan fingerprint density at radius 3 is 2.73 bits per heavy atom. The minimum Gasteiger partial charge on any atom is -0.496 e. The first-order valence-electron chi connectivity index (χ1n) is 9.66.